The van der Waals surface area contributed by atoms with Gasteiger partial charge in [0.25, 0.3) is 0 Å². The van der Waals surface area contributed by atoms with Crippen LogP contribution >= 0.6 is 0 Å². The molecule has 1 heterocycles. The number of aromatic nitrogens is 4. The van der Waals surface area contributed by atoms with Crippen molar-refractivity contribution in [2.75, 3.05) is 0 Å². The van der Waals surface area contributed by atoms with Crippen molar-refractivity contribution in [3.8, 4) is 11.4 Å². The normalized spacial score (nSPS) is 12.9. The van der Waals surface area contributed by atoms with Gasteiger partial charge in [-0.25, -0.2) is 0 Å². The minimum absolute atomic E-state index is 0.182. The second-order valence-electron chi connectivity index (χ2n) is 4.35. The third-order valence-corrected chi connectivity index (χ3v) is 2.60. The highest BCUT2D eigenvalue weighted by Crippen LogP contribution is 2.12. The molecule has 0 spiro atoms. The van der Waals surface area contributed by atoms with Gasteiger partial charge in [0.05, 0.1) is 12.6 Å². The van der Waals surface area contributed by atoms with Crippen LogP contribution in [-0.2, 0) is 6.54 Å². The van der Waals surface area contributed by atoms with Crippen LogP contribution in [0.3, 0.4) is 0 Å². The first-order valence-corrected chi connectivity index (χ1v) is 5.68. The van der Waals surface area contributed by atoms with Crippen LogP contribution in [0.5, 0.6) is 0 Å². The maximum atomic E-state index is 9.73. The molecule has 2 rings (SSSR count). The molecule has 2 aromatic rings. The second-order valence-corrected chi connectivity index (χ2v) is 4.35. The van der Waals surface area contributed by atoms with Crippen molar-refractivity contribution in [2.24, 2.45) is 5.92 Å². The van der Waals surface area contributed by atoms with Crippen molar-refractivity contribution < 1.29 is 5.11 Å². The Morgan fingerprint density at radius 2 is 1.94 bits per heavy atom. The van der Waals surface area contributed by atoms with Crippen molar-refractivity contribution in [2.45, 2.75) is 26.5 Å². The van der Waals surface area contributed by atoms with E-state index in [9.17, 15) is 5.11 Å². The summed E-state index contributed by atoms with van der Waals surface area (Å²) in [6.45, 7) is 4.29. The molecule has 5 nitrogen and oxygen atoms in total. The minimum atomic E-state index is -0.451. The molecular formula is C12H16N4O. The van der Waals surface area contributed by atoms with Crippen LogP contribution in [0.1, 0.15) is 13.8 Å². The molecule has 1 atom stereocenters. The summed E-state index contributed by atoms with van der Waals surface area (Å²) in [7, 11) is 0. The van der Waals surface area contributed by atoms with Gasteiger partial charge >= 0.3 is 0 Å². The summed E-state index contributed by atoms with van der Waals surface area (Å²) in [5, 5.41) is 21.9. The molecule has 1 N–H and O–H groups in total. The maximum absolute atomic E-state index is 9.73. The molecule has 0 bridgehead atoms. The number of rotatable bonds is 4. The summed E-state index contributed by atoms with van der Waals surface area (Å²) in [4.78, 5) is 1.44. The molecule has 17 heavy (non-hydrogen) atoms. The first-order valence-electron chi connectivity index (χ1n) is 5.68. The zero-order valence-electron chi connectivity index (χ0n) is 9.98. The van der Waals surface area contributed by atoms with E-state index in [1.54, 1.807) is 0 Å². The Bertz CT molecular complexity index is 466. The van der Waals surface area contributed by atoms with E-state index in [0.29, 0.717) is 12.4 Å². The highest BCUT2D eigenvalue weighted by Gasteiger charge is 2.12. The van der Waals surface area contributed by atoms with Gasteiger partial charge in [-0.3, -0.25) is 0 Å². The highest BCUT2D eigenvalue weighted by molar-refractivity contribution is 5.52. The quantitative estimate of drug-likeness (QED) is 0.864. The zero-order valence-corrected chi connectivity index (χ0v) is 9.98. The van der Waals surface area contributed by atoms with Gasteiger partial charge in [-0.1, -0.05) is 44.2 Å². The van der Waals surface area contributed by atoms with E-state index in [2.05, 4.69) is 15.4 Å². The second kappa shape index (κ2) is 5.05. The van der Waals surface area contributed by atoms with Gasteiger partial charge in [-0.15, -0.1) is 10.2 Å². The van der Waals surface area contributed by atoms with Crippen LogP contribution in [0.2, 0.25) is 0 Å². The average Bonchev–Trinajstić information content (AvgIpc) is 2.78. The van der Waals surface area contributed by atoms with Crippen LogP contribution in [0.25, 0.3) is 11.4 Å². The Labute approximate surface area is 100 Å². The fourth-order valence-electron chi connectivity index (χ4n) is 1.40. The molecule has 0 aliphatic heterocycles. The highest BCUT2D eigenvalue weighted by atomic mass is 16.3. The summed E-state index contributed by atoms with van der Waals surface area (Å²) in [5.74, 6) is 0.766. The standard InChI is InChI=1S/C12H16N4O/c1-9(2)11(17)8-16-14-12(13-15-16)10-6-4-3-5-7-10/h3-7,9,11,17H,8H2,1-2H3. The number of hydrogen-bond acceptors (Lipinski definition) is 4. The number of aliphatic hydroxyl groups is 1. The monoisotopic (exact) mass is 232 g/mol. The predicted molar refractivity (Wildman–Crippen MR) is 64.1 cm³/mol. The lowest BCUT2D eigenvalue weighted by Gasteiger charge is -2.12. The number of hydrogen-bond donors (Lipinski definition) is 1. The molecule has 1 unspecified atom stereocenters. The molecule has 0 aliphatic rings. The third-order valence-electron chi connectivity index (χ3n) is 2.60. The van der Waals surface area contributed by atoms with Crippen molar-refractivity contribution in [3.63, 3.8) is 0 Å². The van der Waals surface area contributed by atoms with Gasteiger partial charge in [0.2, 0.25) is 5.82 Å². The zero-order chi connectivity index (χ0) is 12.3. The molecule has 90 valence electrons. The Hall–Kier alpha value is -1.75. The number of aliphatic hydroxyl groups excluding tert-OH is 1. The van der Waals surface area contributed by atoms with Crippen LogP contribution in [0.15, 0.2) is 30.3 Å². The molecule has 5 heteroatoms. The predicted octanol–water partition coefficient (Wildman–Crippen LogP) is 1.36. The van der Waals surface area contributed by atoms with Gasteiger partial charge in [0.1, 0.15) is 0 Å². The lowest BCUT2D eigenvalue weighted by molar-refractivity contribution is 0.0974. The fourth-order valence-corrected chi connectivity index (χ4v) is 1.40. The summed E-state index contributed by atoms with van der Waals surface area (Å²) < 4.78 is 0. The van der Waals surface area contributed by atoms with Gasteiger partial charge in [-0.05, 0) is 11.1 Å². The summed E-state index contributed by atoms with van der Waals surface area (Å²) >= 11 is 0. The smallest absolute Gasteiger partial charge is 0.204 e. The van der Waals surface area contributed by atoms with Gasteiger partial charge < -0.3 is 5.11 Å². The van der Waals surface area contributed by atoms with Gasteiger partial charge in [-0.2, -0.15) is 4.80 Å². The van der Waals surface area contributed by atoms with Crippen molar-refractivity contribution in [1.29, 1.82) is 0 Å². The molecule has 0 amide bonds. The van der Waals surface area contributed by atoms with E-state index in [4.69, 9.17) is 0 Å². The SMILES string of the molecule is CC(C)C(O)Cn1nnc(-c2ccccc2)n1. The molecule has 1 aromatic carbocycles. The largest absolute Gasteiger partial charge is 0.391 e. The van der Waals surface area contributed by atoms with E-state index >= 15 is 0 Å². The Morgan fingerprint density at radius 1 is 1.24 bits per heavy atom. The van der Waals surface area contributed by atoms with Crippen molar-refractivity contribution in [1.82, 2.24) is 20.2 Å². The van der Waals surface area contributed by atoms with Crippen LogP contribution < -0.4 is 0 Å². The van der Waals surface area contributed by atoms with E-state index in [-0.39, 0.29) is 5.92 Å². The Balaban J connectivity index is 2.12. The molecule has 1 aromatic heterocycles. The van der Waals surface area contributed by atoms with E-state index in [0.717, 1.165) is 5.56 Å². The molecule has 0 radical (unpaired) electrons. The number of tetrazole rings is 1. The van der Waals surface area contributed by atoms with Crippen molar-refractivity contribution in [3.05, 3.63) is 30.3 Å². The first-order chi connectivity index (χ1) is 8.16. The Morgan fingerprint density at radius 3 is 2.59 bits per heavy atom. The third kappa shape index (κ3) is 2.88. The minimum Gasteiger partial charge on any atom is -0.391 e. The molecular weight excluding hydrogens is 216 g/mol. The summed E-state index contributed by atoms with van der Waals surface area (Å²) in [6, 6.07) is 9.66. The van der Waals surface area contributed by atoms with E-state index in [1.807, 2.05) is 44.2 Å². The lowest BCUT2D eigenvalue weighted by atomic mass is 10.1. The summed E-state index contributed by atoms with van der Waals surface area (Å²) in [6.07, 6.45) is -0.451. The molecule has 0 fully saturated rings. The molecule has 0 aliphatic carbocycles. The number of benzene rings is 1. The fraction of sp³-hybridized carbons (Fsp3) is 0.417. The van der Waals surface area contributed by atoms with Crippen LogP contribution in [0.4, 0.5) is 0 Å². The summed E-state index contributed by atoms with van der Waals surface area (Å²) in [5.41, 5.74) is 0.929. The van der Waals surface area contributed by atoms with Gasteiger partial charge in [0, 0.05) is 5.56 Å². The van der Waals surface area contributed by atoms with E-state index < -0.39 is 6.10 Å². The number of nitrogens with zero attached hydrogens (tertiary/aromatic N) is 4. The average molecular weight is 232 g/mol. The van der Waals surface area contributed by atoms with E-state index in [1.165, 1.54) is 4.80 Å². The molecule has 0 saturated carbocycles. The lowest BCUT2D eigenvalue weighted by Crippen LogP contribution is -2.23. The molecule has 0 saturated heterocycles. The van der Waals surface area contributed by atoms with Crippen LogP contribution in [0, 0.1) is 5.92 Å². The van der Waals surface area contributed by atoms with Gasteiger partial charge in [0.15, 0.2) is 0 Å². The topological polar surface area (TPSA) is 63.8 Å². The maximum Gasteiger partial charge on any atom is 0.204 e. The van der Waals surface area contributed by atoms with Crippen LogP contribution in [-0.4, -0.2) is 31.4 Å². The van der Waals surface area contributed by atoms with Crippen molar-refractivity contribution >= 4 is 0 Å². The first kappa shape index (κ1) is 11.7. The Kier molecular flexibility index (Phi) is 3.49.